The highest BCUT2D eigenvalue weighted by Crippen LogP contribution is 2.30. The van der Waals surface area contributed by atoms with E-state index in [0.717, 1.165) is 0 Å². The molecule has 0 saturated heterocycles. The summed E-state index contributed by atoms with van der Waals surface area (Å²) < 4.78 is 10.2. The van der Waals surface area contributed by atoms with E-state index in [4.69, 9.17) is 14.9 Å². The summed E-state index contributed by atoms with van der Waals surface area (Å²) in [6.07, 6.45) is 0. The van der Waals surface area contributed by atoms with E-state index in [9.17, 15) is 9.59 Å². The topological polar surface area (TPSA) is 107 Å². The molecule has 20 heavy (non-hydrogen) atoms. The largest absolute Gasteiger partial charge is 0.482 e. The zero-order valence-electron chi connectivity index (χ0n) is 10.3. The van der Waals surface area contributed by atoms with Gasteiger partial charge < -0.3 is 25.5 Å². The summed E-state index contributed by atoms with van der Waals surface area (Å²) in [6, 6.07) is 7.92. The number of carbonyl (C=O) groups is 2. The number of hydrogen-bond donors (Lipinski definition) is 3. The second-order valence-electron chi connectivity index (χ2n) is 4.20. The maximum Gasteiger partial charge on any atom is 0.291 e. The van der Waals surface area contributed by atoms with Gasteiger partial charge in [0.1, 0.15) is 5.75 Å². The van der Waals surface area contributed by atoms with Gasteiger partial charge in [-0.1, -0.05) is 0 Å². The lowest BCUT2D eigenvalue weighted by atomic mass is 10.2. The summed E-state index contributed by atoms with van der Waals surface area (Å²) >= 11 is 0. The molecule has 2 amide bonds. The summed E-state index contributed by atoms with van der Waals surface area (Å²) in [5.74, 6) is 0.177. The molecule has 0 fully saturated rings. The van der Waals surface area contributed by atoms with E-state index in [1.165, 1.54) is 12.1 Å². The third-order valence-corrected chi connectivity index (χ3v) is 2.72. The molecular weight excluding hydrogens is 262 g/mol. The van der Waals surface area contributed by atoms with Gasteiger partial charge in [0, 0.05) is 11.8 Å². The molecule has 0 atom stereocenters. The average molecular weight is 273 g/mol. The Morgan fingerprint density at radius 2 is 2.15 bits per heavy atom. The van der Waals surface area contributed by atoms with Crippen molar-refractivity contribution in [1.82, 2.24) is 0 Å². The summed E-state index contributed by atoms with van der Waals surface area (Å²) in [5.41, 5.74) is 6.43. The number of hydrogen-bond acceptors (Lipinski definition) is 5. The molecular formula is C13H11N3O4. The molecule has 7 heteroatoms. The molecule has 1 aromatic carbocycles. The zero-order chi connectivity index (χ0) is 14.1. The fraction of sp³-hybridized carbons (Fsp3) is 0.0769. The molecule has 3 rings (SSSR count). The molecule has 102 valence electrons. The number of ether oxygens (including phenoxy) is 1. The zero-order valence-corrected chi connectivity index (χ0v) is 10.3. The second kappa shape index (κ2) is 4.61. The summed E-state index contributed by atoms with van der Waals surface area (Å²) in [5, 5.41) is 5.30. The van der Waals surface area contributed by atoms with Crippen LogP contribution in [0.4, 0.5) is 17.3 Å². The third-order valence-electron chi connectivity index (χ3n) is 2.72. The highest BCUT2D eigenvalue weighted by atomic mass is 16.5. The number of carbonyl (C=O) groups excluding carboxylic acids is 2. The molecule has 1 aliphatic rings. The van der Waals surface area contributed by atoms with Crippen LogP contribution in [0.15, 0.2) is 34.7 Å². The average Bonchev–Trinajstić information content (AvgIpc) is 2.85. The Balaban J connectivity index is 1.80. The van der Waals surface area contributed by atoms with Crippen molar-refractivity contribution in [1.29, 1.82) is 0 Å². The van der Waals surface area contributed by atoms with Crippen LogP contribution in [0, 0.1) is 0 Å². The fourth-order valence-electron chi connectivity index (χ4n) is 1.83. The number of amides is 2. The minimum atomic E-state index is -0.426. The first-order chi connectivity index (χ1) is 9.61. The van der Waals surface area contributed by atoms with Gasteiger partial charge >= 0.3 is 0 Å². The van der Waals surface area contributed by atoms with E-state index < -0.39 is 5.91 Å². The van der Waals surface area contributed by atoms with Gasteiger partial charge in [0.15, 0.2) is 18.3 Å². The van der Waals surface area contributed by atoms with E-state index in [1.807, 2.05) is 0 Å². The van der Waals surface area contributed by atoms with E-state index in [2.05, 4.69) is 10.6 Å². The van der Waals surface area contributed by atoms with Crippen molar-refractivity contribution >= 4 is 29.1 Å². The molecule has 1 aliphatic heterocycles. The number of nitrogens with two attached hydrogens (primary N) is 1. The first-order valence-corrected chi connectivity index (χ1v) is 5.85. The van der Waals surface area contributed by atoms with Gasteiger partial charge in [-0.3, -0.25) is 9.59 Å². The number of fused-ring (bicyclic) bond motifs is 1. The van der Waals surface area contributed by atoms with Gasteiger partial charge in [-0.2, -0.15) is 0 Å². The SMILES string of the molecule is Nc1ccc(C(=O)Nc2ccc3c(c2)NC(=O)CO3)o1. The Bertz CT molecular complexity index is 693. The van der Waals surface area contributed by atoms with Crippen LogP contribution in [-0.4, -0.2) is 18.4 Å². The lowest BCUT2D eigenvalue weighted by molar-refractivity contribution is -0.118. The second-order valence-corrected chi connectivity index (χ2v) is 4.20. The van der Waals surface area contributed by atoms with Crippen molar-refractivity contribution in [2.45, 2.75) is 0 Å². The molecule has 0 spiro atoms. The maximum absolute atomic E-state index is 11.9. The summed E-state index contributed by atoms with van der Waals surface area (Å²) in [7, 11) is 0. The molecule has 2 heterocycles. The molecule has 0 radical (unpaired) electrons. The molecule has 0 saturated carbocycles. The molecule has 0 unspecified atom stereocenters. The van der Waals surface area contributed by atoms with Crippen LogP contribution in [0.5, 0.6) is 5.75 Å². The molecule has 0 bridgehead atoms. The molecule has 1 aromatic heterocycles. The molecule has 4 N–H and O–H groups in total. The third kappa shape index (κ3) is 2.28. The van der Waals surface area contributed by atoms with Gasteiger partial charge in [0.2, 0.25) is 0 Å². The lowest BCUT2D eigenvalue weighted by Crippen LogP contribution is -2.25. The maximum atomic E-state index is 11.9. The molecule has 2 aromatic rings. The van der Waals surface area contributed by atoms with Crippen molar-refractivity contribution in [3.8, 4) is 5.75 Å². The van der Waals surface area contributed by atoms with Crippen LogP contribution in [-0.2, 0) is 4.79 Å². The lowest BCUT2D eigenvalue weighted by Gasteiger charge is -2.18. The summed E-state index contributed by atoms with van der Waals surface area (Å²) in [6.45, 7) is -0.00955. The Hall–Kier alpha value is -2.96. The van der Waals surface area contributed by atoms with Crippen LogP contribution in [0.2, 0.25) is 0 Å². The Morgan fingerprint density at radius 1 is 1.30 bits per heavy atom. The first kappa shape index (κ1) is 12.1. The monoisotopic (exact) mass is 273 g/mol. The Kier molecular flexibility index (Phi) is 2.79. The van der Waals surface area contributed by atoms with Crippen LogP contribution >= 0.6 is 0 Å². The number of anilines is 3. The Morgan fingerprint density at radius 3 is 2.90 bits per heavy atom. The number of rotatable bonds is 2. The van der Waals surface area contributed by atoms with Gasteiger partial charge in [-0.15, -0.1) is 0 Å². The van der Waals surface area contributed by atoms with E-state index in [1.54, 1.807) is 18.2 Å². The van der Waals surface area contributed by atoms with Crippen molar-refractivity contribution in [3.05, 3.63) is 36.1 Å². The smallest absolute Gasteiger partial charge is 0.291 e. The van der Waals surface area contributed by atoms with Crippen LogP contribution in [0.3, 0.4) is 0 Å². The summed E-state index contributed by atoms with van der Waals surface area (Å²) in [4.78, 5) is 23.1. The minimum absolute atomic E-state index is 0.00955. The van der Waals surface area contributed by atoms with E-state index >= 15 is 0 Å². The number of nitrogens with one attached hydrogen (secondary N) is 2. The van der Waals surface area contributed by atoms with Gasteiger partial charge in [0.05, 0.1) is 5.69 Å². The Labute approximate surface area is 113 Å². The van der Waals surface area contributed by atoms with Crippen molar-refractivity contribution < 1.29 is 18.7 Å². The number of benzene rings is 1. The number of furan rings is 1. The van der Waals surface area contributed by atoms with E-state index in [0.29, 0.717) is 17.1 Å². The van der Waals surface area contributed by atoms with Crippen molar-refractivity contribution in [2.24, 2.45) is 0 Å². The predicted octanol–water partition coefficient (Wildman–Crippen LogP) is 1.44. The van der Waals surface area contributed by atoms with Gasteiger partial charge in [-0.25, -0.2) is 0 Å². The van der Waals surface area contributed by atoms with Crippen LogP contribution in [0.25, 0.3) is 0 Å². The minimum Gasteiger partial charge on any atom is -0.482 e. The fourth-order valence-corrected chi connectivity index (χ4v) is 1.83. The standard InChI is InChI=1S/C13H11N3O4/c14-11-4-3-10(20-11)13(18)15-7-1-2-9-8(5-7)16-12(17)6-19-9/h1-5H,6,14H2,(H,15,18)(H,16,17). The van der Waals surface area contributed by atoms with Crippen molar-refractivity contribution in [2.75, 3.05) is 23.0 Å². The van der Waals surface area contributed by atoms with E-state index in [-0.39, 0.29) is 24.2 Å². The van der Waals surface area contributed by atoms with Crippen molar-refractivity contribution in [3.63, 3.8) is 0 Å². The first-order valence-electron chi connectivity index (χ1n) is 5.85. The van der Waals surface area contributed by atoms with Gasteiger partial charge in [0.25, 0.3) is 11.8 Å². The molecule has 0 aliphatic carbocycles. The molecule has 7 nitrogen and oxygen atoms in total. The van der Waals surface area contributed by atoms with Crippen LogP contribution in [0.1, 0.15) is 10.6 Å². The van der Waals surface area contributed by atoms with Gasteiger partial charge in [-0.05, 0) is 24.3 Å². The van der Waals surface area contributed by atoms with Crippen LogP contribution < -0.4 is 21.1 Å². The highest BCUT2D eigenvalue weighted by molar-refractivity contribution is 6.03. The highest BCUT2D eigenvalue weighted by Gasteiger charge is 2.17. The predicted molar refractivity (Wildman–Crippen MR) is 71.6 cm³/mol. The quantitative estimate of drug-likeness (QED) is 0.767. The number of nitrogen functional groups attached to an aromatic ring is 1. The normalized spacial score (nSPS) is 13.1.